The Morgan fingerprint density at radius 2 is 1.83 bits per heavy atom. The van der Waals surface area contributed by atoms with Gasteiger partial charge in [-0.05, 0) is 30.4 Å². The number of aliphatic hydroxyl groups is 1. The van der Waals surface area contributed by atoms with E-state index in [1.54, 1.807) is 0 Å². The van der Waals surface area contributed by atoms with Gasteiger partial charge in [-0.3, -0.25) is 9.59 Å². The van der Waals surface area contributed by atoms with Gasteiger partial charge in [0.25, 0.3) is 0 Å². The topological polar surface area (TPSA) is 150 Å². The van der Waals surface area contributed by atoms with E-state index in [9.17, 15) is 18.8 Å². The molecule has 2 unspecified atom stereocenters. The Bertz CT molecular complexity index is 684. The van der Waals surface area contributed by atoms with E-state index in [0.29, 0.717) is 26.0 Å². The fraction of sp³-hybridized carbons (Fsp3) is 0.550. The van der Waals surface area contributed by atoms with Gasteiger partial charge in [-0.15, -0.1) is 0 Å². The second-order valence-electron chi connectivity index (χ2n) is 6.78. The Kier molecular flexibility index (Phi) is 11.6. The van der Waals surface area contributed by atoms with Crippen LogP contribution in [0.1, 0.15) is 36.8 Å². The molecular weight excluding hydrogens is 399 g/mol. The number of hydrogen-bond acceptors (Lipinski definition) is 6. The van der Waals surface area contributed by atoms with E-state index in [0.717, 1.165) is 11.1 Å². The van der Waals surface area contributed by atoms with Crippen molar-refractivity contribution in [2.45, 2.75) is 51.0 Å². The number of carbonyl (C=O) groups excluding carboxylic acids is 1. The summed E-state index contributed by atoms with van der Waals surface area (Å²) in [7, 11) is 0. The van der Waals surface area contributed by atoms with Crippen LogP contribution in [-0.2, 0) is 32.3 Å². The number of carboxylic acid groups (broad SMARTS) is 2. The fourth-order valence-electron chi connectivity index (χ4n) is 2.85. The van der Waals surface area contributed by atoms with Crippen molar-refractivity contribution in [1.29, 1.82) is 0 Å². The van der Waals surface area contributed by atoms with E-state index in [1.807, 2.05) is 24.3 Å². The molecule has 1 heterocycles. The van der Waals surface area contributed by atoms with Gasteiger partial charge in [0.15, 0.2) is 0 Å². The lowest BCUT2D eigenvalue weighted by Crippen LogP contribution is -2.41. The molecule has 1 aromatic carbocycles. The average molecular weight is 428 g/mol. The Hall–Kier alpha value is -2.56. The molecule has 0 aliphatic carbocycles. The summed E-state index contributed by atoms with van der Waals surface area (Å²) >= 11 is 0. The van der Waals surface area contributed by atoms with E-state index >= 15 is 0 Å². The molecule has 10 heteroatoms. The Balaban J connectivity index is 0.000000311. The van der Waals surface area contributed by atoms with Crippen LogP contribution in [0.4, 0.5) is 4.39 Å². The van der Waals surface area contributed by atoms with Crippen LogP contribution in [0.25, 0.3) is 0 Å². The number of carbonyl (C=O) groups is 3. The van der Waals surface area contributed by atoms with E-state index in [-0.39, 0.29) is 32.0 Å². The predicted molar refractivity (Wildman–Crippen MR) is 105 cm³/mol. The van der Waals surface area contributed by atoms with Crippen molar-refractivity contribution in [3.63, 3.8) is 0 Å². The number of hydrogen-bond donors (Lipinski definition) is 4. The number of likely N-dealkylation sites (tertiary alicyclic amines) is 1. The maximum atomic E-state index is 11.7. The van der Waals surface area contributed by atoms with Crippen LogP contribution < -0.4 is 5.73 Å². The number of carboxylic acids is 2. The molecule has 0 aromatic heterocycles. The quantitative estimate of drug-likeness (QED) is 0.402. The molecule has 1 aliphatic heterocycles. The third-order valence-corrected chi connectivity index (χ3v) is 4.54. The summed E-state index contributed by atoms with van der Waals surface area (Å²) in [6.45, 7) is 0.579. The third kappa shape index (κ3) is 8.85. The summed E-state index contributed by atoms with van der Waals surface area (Å²) in [6, 6.07) is 5.53. The molecule has 0 saturated carbocycles. The highest BCUT2D eigenvalue weighted by Crippen LogP contribution is 2.19. The molecule has 5 N–H and O–H groups in total. The minimum atomic E-state index is -1.16. The minimum Gasteiger partial charge on any atom is -0.480 e. The first-order valence-corrected chi connectivity index (χ1v) is 9.63. The number of ether oxygens (including phenoxy) is 1. The molecule has 30 heavy (non-hydrogen) atoms. The van der Waals surface area contributed by atoms with Crippen LogP contribution in [0.3, 0.4) is 0 Å². The van der Waals surface area contributed by atoms with Gasteiger partial charge < -0.3 is 30.7 Å². The normalized spacial score (nSPS) is 16.5. The molecule has 9 nitrogen and oxygen atoms in total. The van der Waals surface area contributed by atoms with Gasteiger partial charge in [-0.1, -0.05) is 24.3 Å². The van der Waals surface area contributed by atoms with Crippen molar-refractivity contribution in [2.24, 2.45) is 5.73 Å². The maximum absolute atomic E-state index is 11.7. The molecule has 0 spiro atoms. The second kappa shape index (κ2) is 13.6. The lowest BCUT2D eigenvalue weighted by Gasteiger charge is -2.21. The monoisotopic (exact) mass is 428 g/mol. The first kappa shape index (κ1) is 25.5. The number of benzene rings is 1. The van der Waals surface area contributed by atoms with Crippen LogP contribution in [0, 0.1) is 0 Å². The summed E-state index contributed by atoms with van der Waals surface area (Å²) in [5.74, 6) is -2.51. The number of nitrogens with zero attached hydrogens (tertiary/aromatic N) is 1. The number of halogens is 1. The van der Waals surface area contributed by atoms with E-state index in [4.69, 9.17) is 25.8 Å². The molecule has 2 rings (SSSR count). The molecule has 0 bridgehead atoms. The number of aliphatic hydroxyl groups excluding tert-OH is 1. The largest absolute Gasteiger partial charge is 0.480 e. The number of aliphatic carboxylic acids is 2. The molecule has 1 amide bonds. The van der Waals surface area contributed by atoms with Crippen molar-refractivity contribution < 1.29 is 38.8 Å². The molecule has 0 radical (unpaired) electrons. The zero-order valence-electron chi connectivity index (χ0n) is 16.7. The fourth-order valence-corrected chi connectivity index (χ4v) is 2.85. The average Bonchev–Trinajstić information content (AvgIpc) is 3.23. The summed E-state index contributed by atoms with van der Waals surface area (Å²) in [5.41, 5.74) is 7.13. The molecule has 1 fully saturated rings. The van der Waals surface area contributed by atoms with Gasteiger partial charge in [-0.2, -0.15) is 0 Å². The minimum absolute atomic E-state index is 0.0248. The Labute approximate surface area is 174 Å². The highest BCUT2D eigenvalue weighted by Gasteiger charge is 2.33. The first-order chi connectivity index (χ1) is 14.3. The van der Waals surface area contributed by atoms with Crippen molar-refractivity contribution in [2.75, 3.05) is 19.8 Å². The second-order valence-corrected chi connectivity index (χ2v) is 6.78. The highest BCUT2D eigenvalue weighted by atomic mass is 19.1. The van der Waals surface area contributed by atoms with Gasteiger partial charge >= 0.3 is 11.9 Å². The summed E-state index contributed by atoms with van der Waals surface area (Å²) in [5, 5.41) is 26.2. The zero-order valence-corrected chi connectivity index (χ0v) is 16.7. The number of amides is 1. The molecule has 2 atom stereocenters. The Morgan fingerprint density at radius 3 is 2.37 bits per heavy atom. The van der Waals surface area contributed by atoms with E-state index in [1.165, 1.54) is 4.90 Å². The number of nitrogens with two attached hydrogens (primary N) is 1. The molecular formula is C20H29FN2O7. The van der Waals surface area contributed by atoms with Gasteiger partial charge in [0.2, 0.25) is 5.91 Å². The summed E-state index contributed by atoms with van der Waals surface area (Å²) in [4.78, 5) is 34.3. The van der Waals surface area contributed by atoms with Crippen LogP contribution in [0.15, 0.2) is 24.3 Å². The lowest BCUT2D eigenvalue weighted by atomic mass is 10.1. The van der Waals surface area contributed by atoms with Gasteiger partial charge in [0.05, 0.1) is 19.8 Å². The van der Waals surface area contributed by atoms with Crippen molar-refractivity contribution in [1.82, 2.24) is 4.90 Å². The van der Waals surface area contributed by atoms with Crippen LogP contribution >= 0.6 is 0 Å². The van der Waals surface area contributed by atoms with Gasteiger partial charge in [0, 0.05) is 13.0 Å². The standard InChI is InChI=1S/C10H13FO2.C10H16N2O5/c11-5-6-13-8-10-3-1-9(7-12)2-4-10;11-6(9(14)15)3-4-8(13)12-5-1-2-7(12)10(16)17/h1-4,12H,5-8H2;6-7H,1-5,11H2,(H,14,15)(H,16,17). The SMILES string of the molecule is NC(CCC(=O)N1CCCC1C(=O)O)C(=O)O.OCc1ccc(COCCF)cc1. The van der Waals surface area contributed by atoms with Gasteiger partial charge in [0.1, 0.15) is 18.8 Å². The molecule has 168 valence electrons. The lowest BCUT2D eigenvalue weighted by molar-refractivity contribution is -0.148. The number of alkyl halides is 1. The summed E-state index contributed by atoms with van der Waals surface area (Å²) < 4.78 is 16.7. The predicted octanol–water partition coefficient (Wildman–Crippen LogP) is 0.919. The summed E-state index contributed by atoms with van der Waals surface area (Å²) in [6.07, 6.45) is 1.11. The van der Waals surface area contributed by atoms with Gasteiger partial charge in [-0.25, -0.2) is 9.18 Å². The van der Waals surface area contributed by atoms with Crippen LogP contribution in [-0.4, -0.2) is 70.0 Å². The van der Waals surface area contributed by atoms with Crippen LogP contribution in [0.5, 0.6) is 0 Å². The van der Waals surface area contributed by atoms with E-state index < -0.39 is 30.7 Å². The molecule has 1 saturated heterocycles. The number of rotatable bonds is 10. The van der Waals surface area contributed by atoms with Crippen molar-refractivity contribution in [3.8, 4) is 0 Å². The highest BCUT2D eigenvalue weighted by molar-refractivity contribution is 5.84. The van der Waals surface area contributed by atoms with E-state index in [2.05, 4.69) is 0 Å². The molecule has 1 aromatic rings. The van der Waals surface area contributed by atoms with Crippen molar-refractivity contribution in [3.05, 3.63) is 35.4 Å². The third-order valence-electron chi connectivity index (χ3n) is 4.54. The van der Waals surface area contributed by atoms with Crippen LogP contribution in [0.2, 0.25) is 0 Å². The Morgan fingerprint density at radius 1 is 1.20 bits per heavy atom. The molecule has 1 aliphatic rings. The maximum Gasteiger partial charge on any atom is 0.326 e. The smallest absolute Gasteiger partial charge is 0.326 e. The zero-order chi connectivity index (χ0) is 22.5. The van der Waals surface area contributed by atoms with Crippen molar-refractivity contribution >= 4 is 17.8 Å². The first-order valence-electron chi connectivity index (χ1n) is 9.63.